The fourth-order valence-corrected chi connectivity index (χ4v) is 1.67. The van der Waals surface area contributed by atoms with Gasteiger partial charge in [0.05, 0.1) is 0 Å². The van der Waals surface area contributed by atoms with Crippen LogP contribution in [0.25, 0.3) is 0 Å². The second-order valence-corrected chi connectivity index (χ2v) is 3.58. The monoisotopic (exact) mass is 189 g/mol. The summed E-state index contributed by atoms with van der Waals surface area (Å²) in [6.45, 7) is 0. The van der Waals surface area contributed by atoms with Gasteiger partial charge in [0.2, 0.25) is 5.24 Å². The lowest BCUT2D eigenvalue weighted by Crippen LogP contribution is -2.11. The summed E-state index contributed by atoms with van der Waals surface area (Å²) in [5.74, 6) is 0. The SMILES string of the molecule is NC(CC(=O)Cl)c1cccs1. The molecular formula is C7H8ClNOS. The van der Waals surface area contributed by atoms with Crippen molar-refractivity contribution in [2.75, 3.05) is 0 Å². The average molecular weight is 190 g/mol. The smallest absolute Gasteiger partial charge is 0.223 e. The van der Waals surface area contributed by atoms with E-state index in [1.807, 2.05) is 17.5 Å². The average Bonchev–Trinajstić information content (AvgIpc) is 2.35. The van der Waals surface area contributed by atoms with Crippen molar-refractivity contribution in [3.8, 4) is 0 Å². The number of thiophene rings is 1. The van der Waals surface area contributed by atoms with E-state index in [1.54, 1.807) is 0 Å². The zero-order chi connectivity index (χ0) is 8.27. The van der Waals surface area contributed by atoms with E-state index >= 15 is 0 Å². The summed E-state index contributed by atoms with van der Waals surface area (Å²) in [5, 5.41) is 1.54. The Morgan fingerprint density at radius 2 is 2.55 bits per heavy atom. The molecule has 0 bridgehead atoms. The van der Waals surface area contributed by atoms with Gasteiger partial charge in [0, 0.05) is 17.3 Å². The van der Waals surface area contributed by atoms with Crippen molar-refractivity contribution in [3.05, 3.63) is 22.4 Å². The predicted octanol–water partition coefficient (Wildman–Crippen LogP) is 1.90. The lowest BCUT2D eigenvalue weighted by atomic mass is 10.2. The van der Waals surface area contributed by atoms with Gasteiger partial charge in [-0.25, -0.2) is 0 Å². The van der Waals surface area contributed by atoms with Gasteiger partial charge in [-0.05, 0) is 23.0 Å². The first-order valence-electron chi connectivity index (χ1n) is 3.17. The Kier molecular flexibility index (Phi) is 3.05. The van der Waals surface area contributed by atoms with Gasteiger partial charge in [-0.15, -0.1) is 11.3 Å². The van der Waals surface area contributed by atoms with Gasteiger partial charge >= 0.3 is 0 Å². The van der Waals surface area contributed by atoms with Gasteiger partial charge in [0.15, 0.2) is 0 Å². The van der Waals surface area contributed by atoms with Crippen LogP contribution < -0.4 is 5.73 Å². The van der Waals surface area contributed by atoms with E-state index in [4.69, 9.17) is 17.3 Å². The minimum atomic E-state index is -0.383. The molecule has 1 aromatic rings. The normalized spacial score (nSPS) is 12.9. The van der Waals surface area contributed by atoms with Crippen molar-refractivity contribution < 1.29 is 4.79 Å². The van der Waals surface area contributed by atoms with E-state index in [0.29, 0.717) is 0 Å². The molecule has 60 valence electrons. The van der Waals surface area contributed by atoms with Crippen LogP contribution in [-0.4, -0.2) is 5.24 Å². The molecule has 0 aliphatic heterocycles. The number of halogens is 1. The molecule has 1 atom stereocenters. The van der Waals surface area contributed by atoms with Gasteiger partial charge in [0.25, 0.3) is 0 Å². The van der Waals surface area contributed by atoms with Crippen LogP contribution >= 0.6 is 22.9 Å². The Bertz CT molecular complexity index is 235. The van der Waals surface area contributed by atoms with Crippen molar-refractivity contribution in [3.63, 3.8) is 0 Å². The molecule has 2 nitrogen and oxygen atoms in total. The Morgan fingerprint density at radius 3 is 3.00 bits per heavy atom. The van der Waals surface area contributed by atoms with Crippen molar-refractivity contribution in [1.29, 1.82) is 0 Å². The maximum Gasteiger partial charge on any atom is 0.223 e. The molecule has 0 aliphatic rings. The first-order valence-corrected chi connectivity index (χ1v) is 4.43. The second-order valence-electron chi connectivity index (χ2n) is 2.18. The summed E-state index contributed by atoms with van der Waals surface area (Å²) in [4.78, 5) is 11.4. The zero-order valence-corrected chi connectivity index (χ0v) is 7.36. The molecule has 1 unspecified atom stereocenters. The third-order valence-corrected chi connectivity index (χ3v) is 2.45. The predicted molar refractivity (Wildman–Crippen MR) is 46.7 cm³/mol. The van der Waals surface area contributed by atoms with Crippen molar-refractivity contribution >= 4 is 28.2 Å². The van der Waals surface area contributed by atoms with Crippen molar-refractivity contribution in [2.24, 2.45) is 5.73 Å². The van der Waals surface area contributed by atoms with Crippen LogP contribution in [0.3, 0.4) is 0 Å². The van der Waals surface area contributed by atoms with Crippen LogP contribution in [0.15, 0.2) is 17.5 Å². The highest BCUT2D eigenvalue weighted by Crippen LogP contribution is 2.19. The zero-order valence-electron chi connectivity index (χ0n) is 5.79. The summed E-state index contributed by atoms with van der Waals surface area (Å²) in [6, 6.07) is 3.56. The number of carbonyl (C=O) groups excluding carboxylic acids is 1. The van der Waals surface area contributed by atoms with E-state index in [2.05, 4.69) is 0 Å². The van der Waals surface area contributed by atoms with E-state index < -0.39 is 0 Å². The van der Waals surface area contributed by atoms with Crippen LogP contribution in [0.1, 0.15) is 17.3 Å². The summed E-state index contributed by atoms with van der Waals surface area (Å²) in [5.41, 5.74) is 5.65. The third kappa shape index (κ3) is 2.61. The summed E-state index contributed by atoms with van der Waals surface area (Å²) >= 11 is 6.71. The fourth-order valence-electron chi connectivity index (χ4n) is 0.776. The summed E-state index contributed by atoms with van der Waals surface area (Å²) in [7, 11) is 0. The molecule has 1 aromatic heterocycles. The van der Waals surface area contributed by atoms with Crippen LogP contribution in [-0.2, 0) is 4.79 Å². The number of hydrogen-bond acceptors (Lipinski definition) is 3. The molecule has 0 saturated carbocycles. The van der Waals surface area contributed by atoms with Crippen LogP contribution in [0.5, 0.6) is 0 Å². The van der Waals surface area contributed by atoms with Gasteiger partial charge in [-0.3, -0.25) is 4.79 Å². The molecule has 2 N–H and O–H groups in total. The first kappa shape index (κ1) is 8.71. The molecule has 1 heterocycles. The maximum absolute atomic E-state index is 10.4. The molecule has 0 saturated heterocycles. The highest BCUT2D eigenvalue weighted by Gasteiger charge is 2.09. The number of carbonyl (C=O) groups is 1. The van der Waals surface area contributed by atoms with E-state index in [0.717, 1.165) is 4.88 Å². The number of nitrogens with two attached hydrogens (primary N) is 1. The standard InChI is InChI=1S/C7H8ClNOS/c8-7(10)4-5(9)6-2-1-3-11-6/h1-3,5H,4,9H2. The Balaban J connectivity index is 2.56. The van der Waals surface area contributed by atoms with E-state index in [1.165, 1.54) is 11.3 Å². The van der Waals surface area contributed by atoms with Gasteiger partial charge in [-0.1, -0.05) is 6.07 Å². The number of rotatable bonds is 3. The van der Waals surface area contributed by atoms with Crippen LogP contribution in [0, 0.1) is 0 Å². The Morgan fingerprint density at radius 1 is 1.82 bits per heavy atom. The van der Waals surface area contributed by atoms with E-state index in [-0.39, 0.29) is 17.7 Å². The molecule has 0 aliphatic carbocycles. The molecule has 0 spiro atoms. The molecule has 1 rings (SSSR count). The minimum absolute atomic E-state index is 0.210. The molecule has 4 heteroatoms. The lowest BCUT2D eigenvalue weighted by Gasteiger charge is -2.03. The first-order chi connectivity index (χ1) is 5.20. The van der Waals surface area contributed by atoms with E-state index in [9.17, 15) is 4.79 Å². The summed E-state index contributed by atoms with van der Waals surface area (Å²) < 4.78 is 0. The third-order valence-electron chi connectivity index (χ3n) is 1.29. The molecular weight excluding hydrogens is 182 g/mol. The molecule has 0 radical (unpaired) electrons. The quantitative estimate of drug-likeness (QED) is 0.739. The van der Waals surface area contributed by atoms with Gasteiger partial charge in [0.1, 0.15) is 0 Å². The second kappa shape index (κ2) is 3.85. The summed E-state index contributed by atoms with van der Waals surface area (Å²) in [6.07, 6.45) is 0.210. The molecule has 11 heavy (non-hydrogen) atoms. The Hall–Kier alpha value is -0.380. The fraction of sp³-hybridized carbons (Fsp3) is 0.286. The van der Waals surface area contributed by atoms with Crippen LogP contribution in [0.2, 0.25) is 0 Å². The lowest BCUT2D eigenvalue weighted by molar-refractivity contribution is -0.112. The largest absolute Gasteiger partial charge is 0.323 e. The molecule has 0 aromatic carbocycles. The van der Waals surface area contributed by atoms with Gasteiger partial charge < -0.3 is 5.73 Å². The highest BCUT2D eigenvalue weighted by atomic mass is 35.5. The van der Waals surface area contributed by atoms with Crippen molar-refractivity contribution in [1.82, 2.24) is 0 Å². The van der Waals surface area contributed by atoms with Gasteiger partial charge in [-0.2, -0.15) is 0 Å². The van der Waals surface area contributed by atoms with Crippen LogP contribution in [0.4, 0.5) is 0 Å². The molecule has 0 fully saturated rings. The minimum Gasteiger partial charge on any atom is -0.323 e. The number of hydrogen-bond donors (Lipinski definition) is 1. The highest BCUT2D eigenvalue weighted by molar-refractivity contribution is 7.10. The maximum atomic E-state index is 10.4. The Labute approximate surface area is 74.0 Å². The van der Waals surface area contributed by atoms with Crippen molar-refractivity contribution in [2.45, 2.75) is 12.5 Å². The molecule has 0 amide bonds. The topological polar surface area (TPSA) is 43.1 Å².